The van der Waals surface area contributed by atoms with Gasteiger partial charge in [-0.2, -0.15) is 0 Å². The van der Waals surface area contributed by atoms with E-state index in [-0.39, 0.29) is 30.7 Å². The zero-order chi connectivity index (χ0) is 17.6. The minimum Gasteiger partial charge on any atom is -0.369 e. The smallest absolute Gasteiger partial charge is 0.221 e. The lowest BCUT2D eigenvalue weighted by molar-refractivity contribution is -0.122. The zero-order valence-corrected chi connectivity index (χ0v) is 17.9. The summed E-state index contributed by atoms with van der Waals surface area (Å²) in [5, 5.41) is 3.20. The molecule has 3 rings (SSSR count). The first-order valence-electron chi connectivity index (χ1n) is 9.69. The van der Waals surface area contributed by atoms with E-state index in [9.17, 15) is 4.79 Å². The Labute approximate surface area is 175 Å². The molecule has 2 unspecified atom stereocenters. The van der Waals surface area contributed by atoms with Crippen molar-refractivity contribution in [2.75, 3.05) is 44.2 Å². The van der Waals surface area contributed by atoms with Crippen LogP contribution in [0.15, 0.2) is 24.3 Å². The fourth-order valence-electron chi connectivity index (χ4n) is 4.10. The fraction of sp³-hybridized carbons (Fsp3) is 0.650. The summed E-state index contributed by atoms with van der Waals surface area (Å²) >= 11 is 0. The van der Waals surface area contributed by atoms with Gasteiger partial charge in [0.2, 0.25) is 5.91 Å². The monoisotopic (exact) mass is 416 g/mol. The highest BCUT2D eigenvalue weighted by Crippen LogP contribution is 2.24. The number of halogens is 2. The van der Waals surface area contributed by atoms with Crippen molar-refractivity contribution in [1.82, 2.24) is 10.2 Å². The molecule has 2 fully saturated rings. The van der Waals surface area contributed by atoms with Gasteiger partial charge in [-0.1, -0.05) is 18.6 Å². The number of aryl methyl sites for hydroxylation is 1. The number of carbonyl (C=O) groups is 1. The van der Waals surface area contributed by atoms with E-state index in [1.165, 1.54) is 17.7 Å². The van der Waals surface area contributed by atoms with Crippen molar-refractivity contribution in [3.63, 3.8) is 0 Å². The maximum absolute atomic E-state index is 12.2. The van der Waals surface area contributed by atoms with E-state index in [0.717, 1.165) is 45.6 Å². The van der Waals surface area contributed by atoms with Crippen molar-refractivity contribution in [2.24, 2.45) is 11.7 Å². The van der Waals surface area contributed by atoms with Gasteiger partial charge in [0.15, 0.2) is 0 Å². The van der Waals surface area contributed by atoms with E-state index < -0.39 is 0 Å². The van der Waals surface area contributed by atoms with Gasteiger partial charge in [0.25, 0.3) is 0 Å². The van der Waals surface area contributed by atoms with E-state index in [0.29, 0.717) is 24.9 Å². The van der Waals surface area contributed by atoms with Crippen LogP contribution in [0.3, 0.4) is 0 Å². The Morgan fingerprint density at radius 3 is 2.59 bits per heavy atom. The molecule has 1 aliphatic heterocycles. The molecule has 2 aliphatic rings. The third kappa shape index (κ3) is 6.83. The molecule has 1 saturated heterocycles. The Hall–Kier alpha value is -1.01. The Bertz CT molecular complexity index is 579. The summed E-state index contributed by atoms with van der Waals surface area (Å²) in [6.07, 6.45) is 4.02. The first-order valence-corrected chi connectivity index (χ1v) is 9.69. The number of piperazine rings is 1. The molecule has 0 radical (unpaired) electrons. The summed E-state index contributed by atoms with van der Waals surface area (Å²) in [5.41, 5.74) is 8.41. The largest absolute Gasteiger partial charge is 0.369 e. The first kappa shape index (κ1) is 24.0. The second-order valence-corrected chi connectivity index (χ2v) is 7.52. The number of carbonyl (C=O) groups excluding carboxylic acids is 1. The van der Waals surface area contributed by atoms with E-state index in [4.69, 9.17) is 5.73 Å². The lowest BCUT2D eigenvalue weighted by Gasteiger charge is -2.36. The Kier molecular flexibility index (Phi) is 10.5. The predicted molar refractivity (Wildman–Crippen MR) is 117 cm³/mol. The number of hydrogen-bond acceptors (Lipinski definition) is 4. The minimum atomic E-state index is 0. The molecule has 2 atom stereocenters. The second kappa shape index (κ2) is 11.7. The van der Waals surface area contributed by atoms with Gasteiger partial charge in [0.1, 0.15) is 0 Å². The van der Waals surface area contributed by atoms with E-state index in [1.807, 2.05) is 0 Å². The molecule has 5 nitrogen and oxygen atoms in total. The molecular weight excluding hydrogens is 383 g/mol. The fourth-order valence-corrected chi connectivity index (χ4v) is 4.10. The average molecular weight is 417 g/mol. The van der Waals surface area contributed by atoms with Crippen LogP contribution in [0.1, 0.15) is 31.2 Å². The Morgan fingerprint density at radius 2 is 1.93 bits per heavy atom. The molecule has 3 N–H and O–H groups in total. The highest BCUT2D eigenvalue weighted by Gasteiger charge is 2.27. The van der Waals surface area contributed by atoms with Crippen LogP contribution in [0.5, 0.6) is 0 Å². The highest BCUT2D eigenvalue weighted by atomic mass is 35.5. The van der Waals surface area contributed by atoms with Crippen molar-refractivity contribution in [1.29, 1.82) is 0 Å². The van der Waals surface area contributed by atoms with Gasteiger partial charge < -0.3 is 16.0 Å². The molecule has 0 aromatic heterocycles. The molecule has 1 aromatic rings. The van der Waals surface area contributed by atoms with Crippen molar-refractivity contribution < 1.29 is 4.79 Å². The normalized spacial score (nSPS) is 22.7. The van der Waals surface area contributed by atoms with Crippen molar-refractivity contribution in [3.8, 4) is 0 Å². The lowest BCUT2D eigenvalue weighted by atomic mass is 10.0. The number of benzene rings is 1. The van der Waals surface area contributed by atoms with E-state index in [2.05, 4.69) is 46.3 Å². The van der Waals surface area contributed by atoms with Crippen LogP contribution in [-0.2, 0) is 4.79 Å². The molecule has 1 aliphatic carbocycles. The van der Waals surface area contributed by atoms with Crippen LogP contribution in [0.25, 0.3) is 0 Å². The van der Waals surface area contributed by atoms with Crippen LogP contribution < -0.4 is 16.0 Å². The lowest BCUT2D eigenvalue weighted by Crippen LogP contribution is -2.48. The van der Waals surface area contributed by atoms with Gasteiger partial charge in [-0.3, -0.25) is 9.69 Å². The van der Waals surface area contributed by atoms with Gasteiger partial charge in [-0.25, -0.2) is 0 Å². The molecule has 27 heavy (non-hydrogen) atoms. The first-order chi connectivity index (χ1) is 12.2. The maximum atomic E-state index is 12.2. The quantitative estimate of drug-likeness (QED) is 0.747. The third-order valence-corrected chi connectivity index (χ3v) is 5.70. The number of nitrogens with two attached hydrogens (primary N) is 1. The average Bonchev–Trinajstić information content (AvgIpc) is 3.07. The summed E-state index contributed by atoms with van der Waals surface area (Å²) < 4.78 is 0. The Morgan fingerprint density at radius 1 is 1.19 bits per heavy atom. The topological polar surface area (TPSA) is 61.6 Å². The number of anilines is 1. The zero-order valence-electron chi connectivity index (χ0n) is 16.2. The van der Waals surface area contributed by atoms with Crippen molar-refractivity contribution in [2.45, 2.75) is 38.6 Å². The summed E-state index contributed by atoms with van der Waals surface area (Å²) in [5.74, 6) is 0.660. The van der Waals surface area contributed by atoms with Gasteiger partial charge >= 0.3 is 0 Å². The molecule has 0 bridgehead atoms. The molecular formula is C20H34Cl2N4O. The molecule has 154 valence electrons. The van der Waals surface area contributed by atoms with Gasteiger partial charge in [-0.15, -0.1) is 24.8 Å². The predicted octanol–water partition coefficient (Wildman–Crippen LogP) is 2.59. The summed E-state index contributed by atoms with van der Waals surface area (Å²) in [4.78, 5) is 17.1. The number of hydrogen-bond donors (Lipinski definition) is 2. The van der Waals surface area contributed by atoms with Crippen LogP contribution >= 0.6 is 24.8 Å². The molecule has 1 aromatic carbocycles. The van der Waals surface area contributed by atoms with Crippen LogP contribution in [0.2, 0.25) is 0 Å². The van der Waals surface area contributed by atoms with Crippen LogP contribution in [0, 0.1) is 12.8 Å². The van der Waals surface area contributed by atoms with E-state index in [1.54, 1.807) is 0 Å². The number of nitrogens with zero attached hydrogens (tertiary/aromatic N) is 2. The molecule has 1 heterocycles. The number of nitrogens with one attached hydrogen (secondary N) is 1. The highest BCUT2D eigenvalue weighted by molar-refractivity contribution is 5.85. The van der Waals surface area contributed by atoms with Crippen LogP contribution in [-0.4, -0.2) is 56.1 Å². The second-order valence-electron chi connectivity index (χ2n) is 7.52. The molecule has 1 amide bonds. The van der Waals surface area contributed by atoms with Gasteiger partial charge in [0, 0.05) is 50.9 Å². The SMILES string of the molecule is Cc1cccc(N2CCN(CCC(=O)NC3CCCC3CN)CC2)c1.Cl.Cl. The summed E-state index contributed by atoms with van der Waals surface area (Å²) in [6, 6.07) is 9.00. The molecule has 1 saturated carbocycles. The summed E-state index contributed by atoms with van der Waals surface area (Å²) in [6.45, 7) is 7.79. The molecule has 0 spiro atoms. The Balaban J connectivity index is 0.00000182. The molecule has 7 heteroatoms. The summed E-state index contributed by atoms with van der Waals surface area (Å²) in [7, 11) is 0. The van der Waals surface area contributed by atoms with Crippen LogP contribution in [0.4, 0.5) is 5.69 Å². The maximum Gasteiger partial charge on any atom is 0.221 e. The van der Waals surface area contributed by atoms with Crippen molar-refractivity contribution >= 4 is 36.4 Å². The van der Waals surface area contributed by atoms with Crippen molar-refractivity contribution in [3.05, 3.63) is 29.8 Å². The van der Waals surface area contributed by atoms with Gasteiger partial charge in [-0.05, 0) is 49.9 Å². The number of amides is 1. The number of rotatable bonds is 6. The standard InChI is InChI=1S/C20H32N4O.2ClH/c1-16-4-2-6-18(14-16)24-12-10-23(11-13-24)9-8-20(25)22-19-7-3-5-17(19)15-21;;/h2,4,6,14,17,19H,3,5,7-13,15,21H2,1H3,(H,22,25);2*1H. The van der Waals surface area contributed by atoms with E-state index >= 15 is 0 Å². The van der Waals surface area contributed by atoms with Gasteiger partial charge in [0.05, 0.1) is 0 Å². The minimum absolute atomic E-state index is 0. The third-order valence-electron chi connectivity index (χ3n) is 5.70.